The molecule has 0 atom stereocenters. The lowest BCUT2D eigenvalue weighted by atomic mass is 10.2. The second-order valence-corrected chi connectivity index (χ2v) is 6.35. The van der Waals surface area contributed by atoms with Gasteiger partial charge in [-0.3, -0.25) is 5.10 Å². The lowest BCUT2D eigenvalue weighted by Crippen LogP contribution is -2.24. The SMILES string of the molecule is CCN1CCc2sc(Cc3ncccn3)nc2-c2cn[nH]c21. The Morgan fingerprint density at radius 1 is 1.32 bits per heavy atom. The first-order valence-corrected chi connectivity index (χ1v) is 8.20. The average molecular weight is 312 g/mol. The number of anilines is 1. The molecule has 1 N–H and O–H groups in total. The number of aromatic nitrogens is 5. The van der Waals surface area contributed by atoms with Crippen molar-refractivity contribution in [3.05, 3.63) is 40.4 Å². The predicted octanol–water partition coefficient (Wildman–Crippen LogP) is 2.30. The summed E-state index contributed by atoms with van der Waals surface area (Å²) in [5, 5.41) is 8.39. The van der Waals surface area contributed by atoms with E-state index in [4.69, 9.17) is 4.98 Å². The van der Waals surface area contributed by atoms with Crippen molar-refractivity contribution in [1.29, 1.82) is 0 Å². The first-order valence-electron chi connectivity index (χ1n) is 7.38. The molecule has 1 aliphatic heterocycles. The van der Waals surface area contributed by atoms with Gasteiger partial charge in [0.15, 0.2) is 0 Å². The van der Waals surface area contributed by atoms with Crippen molar-refractivity contribution in [1.82, 2.24) is 25.1 Å². The van der Waals surface area contributed by atoms with E-state index in [9.17, 15) is 0 Å². The first kappa shape index (κ1) is 13.4. The van der Waals surface area contributed by atoms with Gasteiger partial charge in [-0.1, -0.05) is 0 Å². The third-order valence-corrected chi connectivity index (χ3v) is 4.97. The van der Waals surface area contributed by atoms with Crippen LogP contribution in [0.25, 0.3) is 11.3 Å². The zero-order valence-electron chi connectivity index (χ0n) is 12.3. The summed E-state index contributed by atoms with van der Waals surface area (Å²) in [7, 11) is 0. The largest absolute Gasteiger partial charge is 0.356 e. The van der Waals surface area contributed by atoms with Gasteiger partial charge in [0.2, 0.25) is 0 Å². The molecule has 22 heavy (non-hydrogen) atoms. The molecule has 0 aromatic carbocycles. The molecule has 1 aliphatic rings. The molecule has 4 rings (SSSR count). The van der Waals surface area contributed by atoms with Gasteiger partial charge >= 0.3 is 0 Å². The Balaban J connectivity index is 1.71. The minimum absolute atomic E-state index is 0.684. The Morgan fingerprint density at radius 3 is 3.00 bits per heavy atom. The van der Waals surface area contributed by atoms with Crippen molar-refractivity contribution in [2.75, 3.05) is 18.0 Å². The van der Waals surface area contributed by atoms with Gasteiger partial charge in [0.25, 0.3) is 0 Å². The zero-order valence-corrected chi connectivity index (χ0v) is 13.1. The zero-order chi connectivity index (χ0) is 14.9. The van der Waals surface area contributed by atoms with Gasteiger partial charge in [0.05, 0.1) is 23.9 Å². The molecule has 112 valence electrons. The third kappa shape index (κ3) is 2.27. The molecular weight excluding hydrogens is 296 g/mol. The molecule has 0 spiro atoms. The predicted molar refractivity (Wildman–Crippen MR) is 86.1 cm³/mol. The number of fused-ring (bicyclic) bond motifs is 3. The monoisotopic (exact) mass is 312 g/mol. The summed E-state index contributed by atoms with van der Waals surface area (Å²) in [4.78, 5) is 17.1. The van der Waals surface area contributed by atoms with E-state index in [0.29, 0.717) is 6.42 Å². The summed E-state index contributed by atoms with van der Waals surface area (Å²) in [6.45, 7) is 4.12. The summed E-state index contributed by atoms with van der Waals surface area (Å²) < 4.78 is 0. The maximum atomic E-state index is 4.84. The topological polar surface area (TPSA) is 70.6 Å². The molecular formula is C15H16N6S. The van der Waals surface area contributed by atoms with Crippen LogP contribution >= 0.6 is 11.3 Å². The van der Waals surface area contributed by atoms with Crippen molar-refractivity contribution in [3.63, 3.8) is 0 Å². The van der Waals surface area contributed by atoms with Crippen molar-refractivity contribution >= 4 is 17.2 Å². The second kappa shape index (κ2) is 5.49. The van der Waals surface area contributed by atoms with Gasteiger partial charge in [0.1, 0.15) is 16.6 Å². The number of rotatable bonds is 3. The van der Waals surface area contributed by atoms with Crippen LogP contribution in [0.2, 0.25) is 0 Å². The Labute approximate surface area is 132 Å². The Morgan fingerprint density at radius 2 is 2.18 bits per heavy atom. The minimum Gasteiger partial charge on any atom is -0.356 e. The van der Waals surface area contributed by atoms with Crippen LogP contribution < -0.4 is 4.90 Å². The number of nitrogens with zero attached hydrogens (tertiary/aromatic N) is 5. The molecule has 0 saturated heterocycles. The number of thiazole rings is 1. The van der Waals surface area contributed by atoms with Crippen molar-refractivity contribution in [2.24, 2.45) is 0 Å². The number of hydrogen-bond acceptors (Lipinski definition) is 6. The molecule has 0 saturated carbocycles. The van der Waals surface area contributed by atoms with Gasteiger partial charge in [-0.05, 0) is 13.0 Å². The highest BCUT2D eigenvalue weighted by atomic mass is 32.1. The summed E-state index contributed by atoms with van der Waals surface area (Å²) in [5.74, 6) is 1.89. The molecule has 3 aromatic heterocycles. The highest BCUT2D eigenvalue weighted by Crippen LogP contribution is 2.37. The summed E-state index contributed by atoms with van der Waals surface area (Å²) in [6.07, 6.45) is 7.12. The van der Waals surface area contributed by atoms with Gasteiger partial charge in [0, 0.05) is 36.8 Å². The quantitative estimate of drug-likeness (QED) is 0.803. The van der Waals surface area contributed by atoms with Crippen LogP contribution in [0.4, 0.5) is 5.82 Å². The highest BCUT2D eigenvalue weighted by Gasteiger charge is 2.24. The van der Waals surface area contributed by atoms with Gasteiger partial charge in [-0.2, -0.15) is 5.10 Å². The molecule has 0 amide bonds. The number of H-pyrrole nitrogens is 1. The van der Waals surface area contributed by atoms with Crippen molar-refractivity contribution in [3.8, 4) is 11.3 Å². The van der Waals surface area contributed by atoms with E-state index in [1.165, 1.54) is 4.88 Å². The maximum Gasteiger partial charge on any atom is 0.134 e. The Kier molecular flexibility index (Phi) is 3.34. The number of nitrogens with one attached hydrogen (secondary N) is 1. The normalized spacial score (nSPS) is 13.6. The van der Waals surface area contributed by atoms with Crippen LogP contribution in [0.1, 0.15) is 22.6 Å². The van der Waals surface area contributed by atoms with Crippen LogP contribution in [0, 0.1) is 0 Å². The smallest absolute Gasteiger partial charge is 0.134 e. The fraction of sp³-hybridized carbons (Fsp3) is 0.333. The molecule has 0 radical (unpaired) electrons. The van der Waals surface area contributed by atoms with Crippen molar-refractivity contribution in [2.45, 2.75) is 19.8 Å². The van der Waals surface area contributed by atoms with E-state index in [0.717, 1.165) is 47.4 Å². The van der Waals surface area contributed by atoms with Gasteiger partial charge < -0.3 is 4.90 Å². The lowest BCUT2D eigenvalue weighted by Gasteiger charge is -2.19. The van der Waals surface area contributed by atoms with Crippen molar-refractivity contribution < 1.29 is 0 Å². The molecule has 0 fully saturated rings. The summed E-state index contributed by atoms with van der Waals surface area (Å²) in [5.41, 5.74) is 2.17. The van der Waals surface area contributed by atoms with E-state index in [2.05, 4.69) is 32.0 Å². The van der Waals surface area contributed by atoms with Crippen LogP contribution in [0.15, 0.2) is 24.7 Å². The Bertz CT molecular complexity index is 778. The standard InChI is InChI=1S/C15H16N6S/c1-2-21-7-4-11-14(10-9-18-20-15(10)21)19-13(22-11)8-12-16-5-3-6-17-12/h3,5-6,9H,2,4,7-8H2,1H3,(H,18,20). The lowest BCUT2D eigenvalue weighted by molar-refractivity contribution is 0.802. The molecule has 6 nitrogen and oxygen atoms in total. The molecule has 0 bridgehead atoms. The highest BCUT2D eigenvalue weighted by molar-refractivity contribution is 7.12. The third-order valence-electron chi connectivity index (χ3n) is 3.85. The van der Waals surface area contributed by atoms with E-state index in [-0.39, 0.29) is 0 Å². The van der Waals surface area contributed by atoms with E-state index < -0.39 is 0 Å². The number of aromatic amines is 1. The minimum atomic E-state index is 0.684. The fourth-order valence-corrected chi connectivity index (χ4v) is 3.84. The molecule has 4 heterocycles. The average Bonchev–Trinajstić information content (AvgIpc) is 3.14. The van der Waals surface area contributed by atoms with Crippen LogP contribution in [0.3, 0.4) is 0 Å². The maximum absolute atomic E-state index is 4.84. The Hall–Kier alpha value is -2.28. The molecule has 3 aromatic rings. The van der Waals surface area contributed by atoms with Crippen LogP contribution in [-0.2, 0) is 12.8 Å². The fourth-order valence-electron chi connectivity index (χ4n) is 2.77. The van der Waals surface area contributed by atoms with E-state index in [1.54, 1.807) is 23.7 Å². The molecule has 0 aliphatic carbocycles. The summed E-state index contributed by atoms with van der Waals surface area (Å²) in [6, 6.07) is 1.83. The number of hydrogen-bond donors (Lipinski definition) is 1. The van der Waals surface area contributed by atoms with Crippen LogP contribution in [-0.4, -0.2) is 38.2 Å². The van der Waals surface area contributed by atoms with E-state index >= 15 is 0 Å². The van der Waals surface area contributed by atoms with Gasteiger partial charge in [-0.15, -0.1) is 11.3 Å². The van der Waals surface area contributed by atoms with Gasteiger partial charge in [-0.25, -0.2) is 15.0 Å². The number of likely N-dealkylation sites (N-methyl/N-ethyl adjacent to an activating group) is 1. The molecule has 7 heteroatoms. The second-order valence-electron chi connectivity index (χ2n) is 5.18. The van der Waals surface area contributed by atoms with Crippen LogP contribution in [0.5, 0.6) is 0 Å². The summed E-state index contributed by atoms with van der Waals surface area (Å²) >= 11 is 1.76. The first-order chi connectivity index (χ1) is 10.8. The van der Waals surface area contributed by atoms with E-state index in [1.807, 2.05) is 12.3 Å². The molecule has 0 unspecified atom stereocenters.